The molecular formula is C13H22O3. The first-order valence-electron chi connectivity index (χ1n) is 6.18. The SMILES string of the molecule is COC(=O)CCCCCCCC1C=CCO1. The molecule has 0 spiro atoms. The van der Waals surface area contributed by atoms with E-state index in [0.29, 0.717) is 12.5 Å². The lowest BCUT2D eigenvalue weighted by atomic mass is 10.1. The summed E-state index contributed by atoms with van der Waals surface area (Å²) < 4.78 is 10.0. The zero-order valence-corrected chi connectivity index (χ0v) is 10.1. The minimum atomic E-state index is -0.0931. The number of rotatable bonds is 8. The number of esters is 1. The van der Waals surface area contributed by atoms with Crippen LogP contribution in [-0.2, 0) is 14.3 Å². The van der Waals surface area contributed by atoms with Crippen LogP contribution >= 0.6 is 0 Å². The Labute approximate surface area is 97.8 Å². The molecule has 1 heterocycles. The fraction of sp³-hybridized carbons (Fsp3) is 0.769. The largest absolute Gasteiger partial charge is 0.469 e. The predicted molar refractivity (Wildman–Crippen MR) is 63.2 cm³/mol. The summed E-state index contributed by atoms with van der Waals surface area (Å²) in [5, 5.41) is 0. The van der Waals surface area contributed by atoms with Crippen LogP contribution in [0, 0.1) is 0 Å². The molecule has 0 bridgehead atoms. The Morgan fingerprint density at radius 2 is 2.06 bits per heavy atom. The van der Waals surface area contributed by atoms with E-state index in [2.05, 4.69) is 16.9 Å². The molecule has 0 aromatic heterocycles. The van der Waals surface area contributed by atoms with Gasteiger partial charge in [-0.3, -0.25) is 4.79 Å². The van der Waals surface area contributed by atoms with Crippen molar-refractivity contribution in [3.63, 3.8) is 0 Å². The monoisotopic (exact) mass is 226 g/mol. The Hall–Kier alpha value is -0.830. The first-order valence-corrected chi connectivity index (χ1v) is 6.18. The average Bonchev–Trinajstić information content (AvgIpc) is 2.80. The number of ether oxygens (including phenoxy) is 2. The number of hydrogen-bond donors (Lipinski definition) is 0. The Morgan fingerprint density at radius 3 is 2.75 bits per heavy atom. The lowest BCUT2D eigenvalue weighted by Crippen LogP contribution is -2.03. The lowest BCUT2D eigenvalue weighted by Gasteiger charge is -2.07. The maximum Gasteiger partial charge on any atom is 0.305 e. The smallest absolute Gasteiger partial charge is 0.305 e. The minimum Gasteiger partial charge on any atom is -0.469 e. The lowest BCUT2D eigenvalue weighted by molar-refractivity contribution is -0.140. The van der Waals surface area contributed by atoms with Crippen molar-refractivity contribution in [2.75, 3.05) is 13.7 Å². The van der Waals surface area contributed by atoms with Crippen LogP contribution in [0.25, 0.3) is 0 Å². The van der Waals surface area contributed by atoms with Crippen LogP contribution < -0.4 is 0 Å². The van der Waals surface area contributed by atoms with Crippen LogP contribution in [0.4, 0.5) is 0 Å². The second-order valence-corrected chi connectivity index (χ2v) is 4.18. The standard InChI is InChI=1S/C13H22O3/c1-15-13(14)10-6-4-2-3-5-8-12-9-7-11-16-12/h7,9,12H,2-6,8,10-11H2,1H3. The molecule has 0 radical (unpaired) electrons. The molecule has 0 aromatic carbocycles. The molecule has 1 unspecified atom stereocenters. The molecule has 16 heavy (non-hydrogen) atoms. The molecule has 1 atom stereocenters. The Kier molecular flexibility index (Phi) is 6.90. The van der Waals surface area contributed by atoms with Crippen LogP contribution in [0.1, 0.15) is 44.9 Å². The van der Waals surface area contributed by atoms with Gasteiger partial charge in [0.25, 0.3) is 0 Å². The summed E-state index contributed by atoms with van der Waals surface area (Å²) in [5.74, 6) is -0.0931. The average molecular weight is 226 g/mol. The van der Waals surface area contributed by atoms with Gasteiger partial charge in [-0.25, -0.2) is 0 Å². The summed E-state index contributed by atoms with van der Waals surface area (Å²) >= 11 is 0. The van der Waals surface area contributed by atoms with E-state index in [-0.39, 0.29) is 5.97 Å². The van der Waals surface area contributed by atoms with Crippen molar-refractivity contribution in [2.45, 2.75) is 51.0 Å². The highest BCUT2D eigenvalue weighted by Gasteiger charge is 2.08. The molecule has 0 N–H and O–H groups in total. The third-order valence-electron chi connectivity index (χ3n) is 2.85. The van der Waals surface area contributed by atoms with Crippen molar-refractivity contribution in [3.8, 4) is 0 Å². The van der Waals surface area contributed by atoms with Gasteiger partial charge in [0, 0.05) is 6.42 Å². The van der Waals surface area contributed by atoms with E-state index >= 15 is 0 Å². The number of methoxy groups -OCH3 is 1. The van der Waals surface area contributed by atoms with E-state index in [0.717, 1.165) is 25.9 Å². The van der Waals surface area contributed by atoms with E-state index in [1.165, 1.54) is 26.4 Å². The second kappa shape index (κ2) is 8.34. The molecule has 1 aliphatic heterocycles. The number of carbonyl (C=O) groups excluding carboxylic acids is 1. The quantitative estimate of drug-likeness (QED) is 0.363. The van der Waals surface area contributed by atoms with E-state index in [4.69, 9.17) is 4.74 Å². The summed E-state index contributed by atoms with van der Waals surface area (Å²) in [5.41, 5.74) is 0. The summed E-state index contributed by atoms with van der Waals surface area (Å²) in [4.78, 5) is 10.8. The summed E-state index contributed by atoms with van der Waals surface area (Å²) in [6, 6.07) is 0. The van der Waals surface area contributed by atoms with Crippen molar-refractivity contribution in [2.24, 2.45) is 0 Å². The number of unbranched alkanes of at least 4 members (excludes halogenated alkanes) is 4. The predicted octanol–water partition coefficient (Wildman–Crippen LogP) is 2.85. The van der Waals surface area contributed by atoms with Crippen LogP contribution in [0.15, 0.2) is 12.2 Å². The van der Waals surface area contributed by atoms with Gasteiger partial charge in [-0.15, -0.1) is 0 Å². The van der Waals surface area contributed by atoms with Gasteiger partial charge < -0.3 is 9.47 Å². The molecule has 0 aliphatic carbocycles. The van der Waals surface area contributed by atoms with E-state index in [1.807, 2.05) is 0 Å². The van der Waals surface area contributed by atoms with E-state index < -0.39 is 0 Å². The van der Waals surface area contributed by atoms with Gasteiger partial charge in [-0.05, 0) is 12.8 Å². The Bertz CT molecular complexity index is 223. The minimum absolute atomic E-state index is 0.0931. The normalized spacial score (nSPS) is 18.9. The Balaban J connectivity index is 1.81. The Morgan fingerprint density at radius 1 is 1.31 bits per heavy atom. The fourth-order valence-electron chi connectivity index (χ4n) is 1.87. The van der Waals surface area contributed by atoms with Crippen molar-refractivity contribution < 1.29 is 14.3 Å². The van der Waals surface area contributed by atoms with Crippen LogP contribution in [-0.4, -0.2) is 25.8 Å². The first-order chi connectivity index (χ1) is 7.83. The zero-order chi connectivity index (χ0) is 11.6. The van der Waals surface area contributed by atoms with E-state index in [1.54, 1.807) is 0 Å². The highest BCUT2D eigenvalue weighted by atomic mass is 16.5. The highest BCUT2D eigenvalue weighted by molar-refractivity contribution is 5.68. The van der Waals surface area contributed by atoms with Crippen LogP contribution in [0.3, 0.4) is 0 Å². The van der Waals surface area contributed by atoms with Gasteiger partial charge in [-0.1, -0.05) is 37.8 Å². The zero-order valence-electron chi connectivity index (χ0n) is 10.1. The number of hydrogen-bond acceptors (Lipinski definition) is 3. The third-order valence-corrected chi connectivity index (χ3v) is 2.85. The third kappa shape index (κ3) is 5.91. The molecule has 1 rings (SSSR count). The molecule has 3 nitrogen and oxygen atoms in total. The molecule has 0 fully saturated rings. The summed E-state index contributed by atoms with van der Waals surface area (Å²) in [7, 11) is 1.44. The highest BCUT2D eigenvalue weighted by Crippen LogP contribution is 2.14. The molecule has 0 saturated heterocycles. The molecule has 0 saturated carbocycles. The number of carbonyl (C=O) groups is 1. The van der Waals surface area contributed by atoms with Gasteiger partial charge in [-0.2, -0.15) is 0 Å². The van der Waals surface area contributed by atoms with Crippen molar-refractivity contribution in [1.29, 1.82) is 0 Å². The second-order valence-electron chi connectivity index (χ2n) is 4.18. The maximum absolute atomic E-state index is 10.8. The van der Waals surface area contributed by atoms with E-state index in [9.17, 15) is 4.79 Å². The van der Waals surface area contributed by atoms with Crippen LogP contribution in [0.5, 0.6) is 0 Å². The van der Waals surface area contributed by atoms with Gasteiger partial charge >= 0.3 is 5.97 Å². The van der Waals surface area contributed by atoms with Crippen molar-refractivity contribution >= 4 is 5.97 Å². The van der Waals surface area contributed by atoms with Gasteiger partial charge in [0.15, 0.2) is 0 Å². The first kappa shape index (κ1) is 13.2. The van der Waals surface area contributed by atoms with Crippen molar-refractivity contribution in [3.05, 3.63) is 12.2 Å². The molecular weight excluding hydrogens is 204 g/mol. The molecule has 3 heteroatoms. The topological polar surface area (TPSA) is 35.5 Å². The molecule has 92 valence electrons. The molecule has 0 amide bonds. The maximum atomic E-state index is 10.8. The van der Waals surface area contributed by atoms with Gasteiger partial charge in [0.2, 0.25) is 0 Å². The molecule has 0 aromatic rings. The fourth-order valence-corrected chi connectivity index (χ4v) is 1.87. The van der Waals surface area contributed by atoms with Gasteiger partial charge in [0.05, 0.1) is 19.8 Å². The summed E-state index contributed by atoms with van der Waals surface area (Å²) in [6.45, 7) is 0.782. The van der Waals surface area contributed by atoms with Crippen molar-refractivity contribution in [1.82, 2.24) is 0 Å². The van der Waals surface area contributed by atoms with Gasteiger partial charge in [0.1, 0.15) is 0 Å². The molecule has 1 aliphatic rings. The summed E-state index contributed by atoms with van der Waals surface area (Å²) in [6.07, 6.45) is 12.0. The van der Waals surface area contributed by atoms with Crippen LogP contribution in [0.2, 0.25) is 0 Å².